The van der Waals surface area contributed by atoms with Gasteiger partial charge in [0.05, 0.1) is 17.1 Å². The van der Waals surface area contributed by atoms with Crippen LogP contribution in [0.4, 0.5) is 5.82 Å². The molecule has 0 amide bonds. The Balaban J connectivity index is 3.19. The Morgan fingerprint density at radius 1 is 1.43 bits per heavy atom. The van der Waals surface area contributed by atoms with Crippen LogP contribution in [0.1, 0.15) is 13.8 Å². The Morgan fingerprint density at radius 3 is 2.57 bits per heavy atom. The lowest BCUT2D eigenvalue weighted by Gasteiger charge is -2.14. The highest BCUT2D eigenvalue weighted by Gasteiger charge is 2.26. The van der Waals surface area contributed by atoms with Crippen LogP contribution in [0.25, 0.3) is 0 Å². The van der Waals surface area contributed by atoms with E-state index in [1.54, 1.807) is 7.05 Å². The monoisotopic (exact) mass is 351 g/mol. The van der Waals surface area contributed by atoms with Gasteiger partial charge in [-0.1, -0.05) is 11.6 Å². The van der Waals surface area contributed by atoms with Crippen molar-refractivity contribution in [1.82, 2.24) is 15.3 Å². The van der Waals surface area contributed by atoms with Gasteiger partial charge in [0.25, 0.3) is 0 Å². The topological polar surface area (TPSA) is 108 Å². The summed E-state index contributed by atoms with van der Waals surface area (Å²) >= 11 is 11.6. The van der Waals surface area contributed by atoms with E-state index in [0.717, 1.165) is 0 Å². The summed E-state index contributed by atoms with van der Waals surface area (Å²) in [6.45, 7) is 2.99. The first-order chi connectivity index (χ1) is 9.70. The molecule has 1 heterocycles. The van der Waals surface area contributed by atoms with E-state index in [9.17, 15) is 8.42 Å². The Morgan fingerprint density at radius 2 is 2.05 bits per heavy atom. The van der Waals surface area contributed by atoms with Crippen molar-refractivity contribution in [2.45, 2.75) is 19.1 Å². The fourth-order valence-electron chi connectivity index (χ4n) is 1.25. The number of aromatic nitrogens is 2. The van der Waals surface area contributed by atoms with Gasteiger partial charge in [-0.25, -0.2) is 13.4 Å². The fraction of sp³-hybridized carbons (Fsp3) is 0.364. The van der Waals surface area contributed by atoms with Crippen LogP contribution in [0.15, 0.2) is 18.1 Å². The molecule has 0 saturated carbocycles. The molecule has 1 rings (SSSR count). The lowest BCUT2D eigenvalue weighted by atomic mass is 10.4. The molecule has 10 heteroatoms. The highest BCUT2D eigenvalue weighted by Crippen LogP contribution is 2.22. The van der Waals surface area contributed by atoms with Gasteiger partial charge in [0.1, 0.15) is 5.02 Å². The van der Waals surface area contributed by atoms with Crippen LogP contribution in [-0.2, 0) is 9.84 Å². The first-order valence-electron chi connectivity index (χ1n) is 5.85. The molecule has 0 radical (unpaired) electrons. The summed E-state index contributed by atoms with van der Waals surface area (Å²) in [5.74, 6) is 0.113. The van der Waals surface area contributed by atoms with Crippen molar-refractivity contribution >= 4 is 43.9 Å². The van der Waals surface area contributed by atoms with Gasteiger partial charge < -0.3 is 10.6 Å². The molecule has 1 aromatic heterocycles. The molecule has 0 aliphatic heterocycles. The van der Waals surface area contributed by atoms with Crippen LogP contribution in [0.5, 0.6) is 0 Å². The molecule has 0 aromatic carbocycles. The number of hydrogen-bond acceptors (Lipinski definition) is 7. The number of anilines is 1. The van der Waals surface area contributed by atoms with Gasteiger partial charge in [0.2, 0.25) is 5.28 Å². The molecular formula is C11H15Cl2N5O2S. The minimum absolute atomic E-state index is 0.00265. The van der Waals surface area contributed by atoms with E-state index in [0.29, 0.717) is 0 Å². The maximum Gasteiger partial charge on any atom is 0.224 e. The summed E-state index contributed by atoms with van der Waals surface area (Å²) in [7, 11) is -2.17. The van der Waals surface area contributed by atoms with Gasteiger partial charge in [-0.05, 0) is 25.4 Å². The summed E-state index contributed by atoms with van der Waals surface area (Å²) in [6.07, 6.45) is 2.60. The molecule has 0 fully saturated rings. The summed E-state index contributed by atoms with van der Waals surface area (Å²) in [5, 5.41) is 12.0. The molecule has 21 heavy (non-hydrogen) atoms. The Bertz CT molecular complexity index is 673. The van der Waals surface area contributed by atoms with Crippen molar-refractivity contribution in [3.63, 3.8) is 0 Å². The summed E-state index contributed by atoms with van der Waals surface area (Å²) in [5.41, 5.74) is 0.00265. The number of sulfone groups is 1. The molecule has 1 aromatic rings. The van der Waals surface area contributed by atoms with Crippen LogP contribution in [0, 0.1) is 5.41 Å². The van der Waals surface area contributed by atoms with Gasteiger partial charge in [0.15, 0.2) is 20.7 Å². The molecule has 7 nitrogen and oxygen atoms in total. The molecule has 0 unspecified atom stereocenters. The summed E-state index contributed by atoms with van der Waals surface area (Å²) in [6, 6.07) is 0. The van der Waals surface area contributed by atoms with Gasteiger partial charge in [0, 0.05) is 13.2 Å². The van der Waals surface area contributed by atoms with Gasteiger partial charge in [-0.15, -0.1) is 0 Å². The van der Waals surface area contributed by atoms with Crippen LogP contribution >= 0.6 is 23.2 Å². The van der Waals surface area contributed by atoms with Crippen molar-refractivity contribution in [2.24, 2.45) is 0 Å². The largest absolute Gasteiger partial charge is 0.392 e. The van der Waals surface area contributed by atoms with E-state index in [1.807, 2.05) is 0 Å². The number of rotatable bonds is 5. The second kappa shape index (κ2) is 7.06. The molecule has 0 aliphatic rings. The minimum atomic E-state index is -3.75. The van der Waals surface area contributed by atoms with Gasteiger partial charge in [-0.2, -0.15) is 4.98 Å². The van der Waals surface area contributed by atoms with E-state index in [2.05, 4.69) is 20.6 Å². The van der Waals surface area contributed by atoms with Crippen molar-refractivity contribution in [3.05, 3.63) is 28.4 Å². The third kappa shape index (κ3) is 4.29. The molecule has 0 atom stereocenters. The second-order valence-electron chi connectivity index (χ2n) is 4.23. The predicted molar refractivity (Wildman–Crippen MR) is 84.6 cm³/mol. The molecule has 0 saturated heterocycles. The average Bonchev–Trinajstić information content (AvgIpc) is 2.41. The first-order valence-corrected chi connectivity index (χ1v) is 8.15. The molecule has 0 spiro atoms. The van der Waals surface area contributed by atoms with E-state index in [4.69, 9.17) is 28.6 Å². The SMILES string of the molecule is CN/C=C(/Nc1nc(Cl)ncc1Cl)C(=N)S(=O)(=O)C(C)C. The highest BCUT2D eigenvalue weighted by molar-refractivity contribution is 8.07. The molecule has 116 valence electrons. The Labute approximate surface area is 133 Å². The predicted octanol–water partition coefficient (Wildman–Crippen LogP) is 2.06. The van der Waals surface area contributed by atoms with E-state index in [-0.39, 0.29) is 21.8 Å². The van der Waals surface area contributed by atoms with Crippen LogP contribution in [-0.4, -0.2) is 35.7 Å². The van der Waals surface area contributed by atoms with Crippen molar-refractivity contribution in [3.8, 4) is 0 Å². The Kier molecular flexibility index (Phi) is 5.94. The molecule has 3 N–H and O–H groups in total. The quantitative estimate of drug-likeness (QED) is 0.425. The molecule has 0 bridgehead atoms. The minimum Gasteiger partial charge on any atom is -0.392 e. The summed E-state index contributed by atoms with van der Waals surface area (Å²) in [4.78, 5) is 7.55. The second-order valence-corrected chi connectivity index (χ2v) is 7.42. The van der Waals surface area contributed by atoms with Crippen LogP contribution < -0.4 is 10.6 Å². The average molecular weight is 352 g/mol. The zero-order valence-electron chi connectivity index (χ0n) is 11.6. The van der Waals surface area contributed by atoms with Crippen molar-refractivity contribution in [1.29, 1.82) is 5.41 Å². The zero-order valence-corrected chi connectivity index (χ0v) is 13.9. The number of nitrogens with one attached hydrogen (secondary N) is 3. The van der Waals surface area contributed by atoms with Crippen LogP contribution in [0.2, 0.25) is 10.3 Å². The number of hydrogen-bond donors (Lipinski definition) is 3. The van der Waals surface area contributed by atoms with Crippen LogP contribution in [0.3, 0.4) is 0 Å². The van der Waals surface area contributed by atoms with Gasteiger partial charge >= 0.3 is 0 Å². The lowest BCUT2D eigenvalue weighted by molar-refractivity contribution is 0.599. The fourth-order valence-corrected chi connectivity index (χ4v) is 2.41. The number of nitrogens with zero attached hydrogens (tertiary/aromatic N) is 2. The normalized spacial score (nSPS) is 12.4. The first kappa shape index (κ1) is 17.7. The smallest absolute Gasteiger partial charge is 0.224 e. The van der Waals surface area contributed by atoms with E-state index < -0.39 is 20.1 Å². The third-order valence-corrected chi connectivity index (χ3v) is 4.90. The van der Waals surface area contributed by atoms with Crippen molar-refractivity contribution < 1.29 is 8.42 Å². The van der Waals surface area contributed by atoms with E-state index in [1.165, 1.54) is 26.2 Å². The number of halogens is 2. The third-order valence-electron chi connectivity index (χ3n) is 2.41. The van der Waals surface area contributed by atoms with Crippen molar-refractivity contribution in [2.75, 3.05) is 12.4 Å². The standard InChI is InChI=1S/C11H15Cl2N5O2S/c1-6(2)21(19,20)9(14)8(5-15-3)17-10-7(12)4-16-11(13)18-10/h4-6,14-15H,1-3H3,(H,16,17,18)/b8-5+,14-9?. The van der Waals surface area contributed by atoms with Gasteiger partial charge in [-0.3, -0.25) is 5.41 Å². The highest BCUT2D eigenvalue weighted by atomic mass is 35.5. The molecule has 0 aliphatic carbocycles. The summed E-state index contributed by atoms with van der Waals surface area (Å²) < 4.78 is 24.1. The Hall–Kier alpha value is -1.38. The zero-order chi connectivity index (χ0) is 16.2. The maximum atomic E-state index is 12.1. The maximum absolute atomic E-state index is 12.1. The molecular weight excluding hydrogens is 337 g/mol. The van der Waals surface area contributed by atoms with E-state index >= 15 is 0 Å². The lowest BCUT2D eigenvalue weighted by Crippen LogP contribution is -2.28.